The van der Waals surface area contributed by atoms with E-state index in [2.05, 4.69) is 51.5 Å². The zero-order chi connectivity index (χ0) is 20.9. The average molecular weight is 558 g/mol. The molecule has 0 saturated carbocycles. The highest BCUT2D eigenvalue weighted by Gasteiger charge is 2.21. The molecule has 4 rings (SSSR count). The number of aliphatic imine (C=N–C) groups is 1. The minimum Gasteiger partial charge on any atom is -0.454 e. The molecular formula is C22H32IN5O2S. The Hall–Kier alpha value is -1.59. The molecule has 2 aliphatic rings. The fraction of sp³-hybridized carbons (Fsp3) is 0.545. The van der Waals surface area contributed by atoms with Gasteiger partial charge in [-0.3, -0.25) is 9.89 Å². The van der Waals surface area contributed by atoms with E-state index in [9.17, 15) is 0 Å². The molecule has 0 spiro atoms. The van der Waals surface area contributed by atoms with E-state index in [0.29, 0.717) is 12.7 Å². The summed E-state index contributed by atoms with van der Waals surface area (Å²) in [5.41, 5.74) is 2.43. The van der Waals surface area contributed by atoms with Crippen molar-refractivity contribution in [3.63, 3.8) is 0 Å². The summed E-state index contributed by atoms with van der Waals surface area (Å²) in [6, 6.07) is 6.23. The molecule has 1 N–H and O–H groups in total. The van der Waals surface area contributed by atoms with Gasteiger partial charge in [0.15, 0.2) is 17.5 Å². The lowest BCUT2D eigenvalue weighted by molar-refractivity contribution is 0.171. The number of nitrogens with zero attached hydrogens (tertiary/aromatic N) is 4. The van der Waals surface area contributed by atoms with E-state index >= 15 is 0 Å². The molecular weight excluding hydrogens is 525 g/mol. The van der Waals surface area contributed by atoms with Crippen LogP contribution < -0.4 is 14.8 Å². The average Bonchev–Trinajstić information content (AvgIpc) is 3.41. The van der Waals surface area contributed by atoms with Crippen LogP contribution in [0.4, 0.5) is 0 Å². The van der Waals surface area contributed by atoms with Crippen LogP contribution in [0.15, 0.2) is 28.6 Å². The Morgan fingerprint density at radius 1 is 1.19 bits per heavy atom. The van der Waals surface area contributed by atoms with E-state index in [4.69, 9.17) is 14.5 Å². The van der Waals surface area contributed by atoms with Crippen molar-refractivity contribution in [3.8, 4) is 11.5 Å². The lowest BCUT2D eigenvalue weighted by Gasteiger charge is -2.36. The summed E-state index contributed by atoms with van der Waals surface area (Å²) >= 11 is 1.76. The van der Waals surface area contributed by atoms with Crippen LogP contribution in [0.3, 0.4) is 0 Å². The second-order valence-electron chi connectivity index (χ2n) is 8.01. The van der Waals surface area contributed by atoms with E-state index < -0.39 is 0 Å². The topological polar surface area (TPSA) is 62.2 Å². The molecule has 9 heteroatoms. The number of rotatable bonds is 6. The van der Waals surface area contributed by atoms with E-state index in [-0.39, 0.29) is 24.0 Å². The Balaban J connectivity index is 0.00000272. The molecule has 0 radical (unpaired) electrons. The van der Waals surface area contributed by atoms with E-state index in [1.165, 1.54) is 16.3 Å². The van der Waals surface area contributed by atoms with Crippen LogP contribution in [-0.4, -0.2) is 67.3 Å². The van der Waals surface area contributed by atoms with Crippen molar-refractivity contribution in [1.82, 2.24) is 20.1 Å². The lowest BCUT2D eigenvalue weighted by atomic mass is 10.1. The number of hydrogen-bond acceptors (Lipinski definition) is 6. The molecule has 0 unspecified atom stereocenters. The second kappa shape index (κ2) is 11.3. The van der Waals surface area contributed by atoms with Crippen LogP contribution >= 0.6 is 35.3 Å². The minimum absolute atomic E-state index is 0. The van der Waals surface area contributed by atoms with Gasteiger partial charge in [0.25, 0.3) is 0 Å². The predicted octanol–water partition coefficient (Wildman–Crippen LogP) is 3.55. The fourth-order valence-electron chi connectivity index (χ4n) is 3.75. The van der Waals surface area contributed by atoms with Gasteiger partial charge < -0.3 is 19.7 Å². The summed E-state index contributed by atoms with van der Waals surface area (Å²) in [5, 5.41) is 6.90. The van der Waals surface area contributed by atoms with Crippen molar-refractivity contribution >= 4 is 41.3 Å². The smallest absolute Gasteiger partial charge is 0.231 e. The number of fused-ring (bicyclic) bond motifs is 1. The van der Waals surface area contributed by atoms with Crippen molar-refractivity contribution in [2.45, 2.75) is 32.7 Å². The highest BCUT2D eigenvalue weighted by atomic mass is 127. The summed E-state index contributed by atoms with van der Waals surface area (Å²) in [6.45, 7) is 10.5. The number of benzene rings is 1. The third-order valence-corrected chi connectivity index (χ3v) is 6.65. The molecule has 7 nitrogen and oxygen atoms in total. The highest BCUT2D eigenvalue weighted by Crippen LogP contribution is 2.32. The van der Waals surface area contributed by atoms with Gasteiger partial charge in [-0.15, -0.1) is 35.3 Å². The molecule has 2 aromatic rings. The third kappa shape index (κ3) is 6.23. The molecule has 31 heavy (non-hydrogen) atoms. The van der Waals surface area contributed by atoms with Crippen molar-refractivity contribution in [2.24, 2.45) is 4.99 Å². The molecule has 0 atom stereocenters. The first-order valence-electron chi connectivity index (χ1n) is 10.6. The van der Waals surface area contributed by atoms with Gasteiger partial charge >= 0.3 is 0 Å². The molecule has 0 aliphatic carbocycles. The molecule has 1 aromatic heterocycles. The number of ether oxygens (including phenoxy) is 2. The van der Waals surface area contributed by atoms with Gasteiger partial charge in [-0.2, -0.15) is 0 Å². The largest absolute Gasteiger partial charge is 0.454 e. The number of piperazine rings is 1. The fourth-order valence-corrected chi connectivity index (χ4v) is 4.62. The number of hydrogen-bond donors (Lipinski definition) is 1. The zero-order valence-corrected chi connectivity index (χ0v) is 21.6. The molecule has 0 amide bonds. The maximum absolute atomic E-state index is 5.50. The maximum atomic E-state index is 5.50. The minimum atomic E-state index is 0. The number of aromatic nitrogens is 1. The standard InChI is InChI=1S/C22H31N5O2S.HI/c1-16(2)21-25-18(14-30-21)6-7-24-22(23-3)27-10-8-26(9-11-27)13-17-4-5-19-20(12-17)29-15-28-19;/h4-5,12,14,16H,6-11,13,15H2,1-3H3,(H,23,24);1H. The molecule has 1 aromatic carbocycles. The van der Waals surface area contributed by atoms with Crippen LogP contribution in [0.25, 0.3) is 0 Å². The third-order valence-electron chi connectivity index (χ3n) is 5.45. The molecule has 1 fully saturated rings. The number of nitrogens with one attached hydrogen (secondary N) is 1. The monoisotopic (exact) mass is 557 g/mol. The second-order valence-corrected chi connectivity index (χ2v) is 8.90. The summed E-state index contributed by atoms with van der Waals surface area (Å²) in [5.74, 6) is 3.18. The summed E-state index contributed by atoms with van der Waals surface area (Å²) < 4.78 is 10.9. The number of thiazole rings is 1. The summed E-state index contributed by atoms with van der Waals surface area (Å²) in [6.07, 6.45) is 0.923. The normalized spacial score (nSPS) is 16.5. The van der Waals surface area contributed by atoms with Crippen LogP contribution in [0, 0.1) is 0 Å². The number of guanidine groups is 1. The van der Waals surface area contributed by atoms with Gasteiger partial charge in [-0.1, -0.05) is 19.9 Å². The SMILES string of the molecule is CN=C(NCCc1csc(C(C)C)n1)N1CCN(Cc2ccc3c(c2)OCO3)CC1.I. The zero-order valence-electron chi connectivity index (χ0n) is 18.5. The quantitative estimate of drug-likeness (QED) is 0.333. The van der Waals surface area contributed by atoms with Crippen molar-refractivity contribution < 1.29 is 9.47 Å². The van der Waals surface area contributed by atoms with Crippen LogP contribution in [0.2, 0.25) is 0 Å². The van der Waals surface area contributed by atoms with Crippen LogP contribution in [0.1, 0.15) is 36.0 Å². The summed E-state index contributed by atoms with van der Waals surface area (Å²) in [7, 11) is 1.86. The van der Waals surface area contributed by atoms with E-state index in [1.54, 1.807) is 11.3 Å². The molecule has 170 valence electrons. The first-order valence-corrected chi connectivity index (χ1v) is 11.5. The Kier molecular flexibility index (Phi) is 8.79. The Morgan fingerprint density at radius 2 is 1.97 bits per heavy atom. The lowest BCUT2D eigenvalue weighted by Crippen LogP contribution is -2.52. The molecule has 3 heterocycles. The van der Waals surface area contributed by atoms with Gasteiger partial charge in [0.1, 0.15) is 0 Å². The molecule has 2 aliphatic heterocycles. The maximum Gasteiger partial charge on any atom is 0.231 e. The van der Waals surface area contributed by atoms with Gasteiger partial charge in [0, 0.05) is 64.0 Å². The van der Waals surface area contributed by atoms with Crippen molar-refractivity contribution in [3.05, 3.63) is 39.8 Å². The first-order chi connectivity index (χ1) is 14.6. The van der Waals surface area contributed by atoms with Crippen molar-refractivity contribution in [1.29, 1.82) is 0 Å². The van der Waals surface area contributed by atoms with Gasteiger partial charge in [0.2, 0.25) is 6.79 Å². The molecule has 0 bridgehead atoms. The van der Waals surface area contributed by atoms with Crippen molar-refractivity contribution in [2.75, 3.05) is 46.6 Å². The van der Waals surface area contributed by atoms with Gasteiger partial charge in [-0.05, 0) is 17.7 Å². The summed E-state index contributed by atoms with van der Waals surface area (Å²) in [4.78, 5) is 14.0. The van der Waals surface area contributed by atoms with Crippen LogP contribution in [0.5, 0.6) is 11.5 Å². The van der Waals surface area contributed by atoms with E-state index in [1.807, 2.05) is 13.1 Å². The Labute approximate surface area is 205 Å². The molecule has 1 saturated heterocycles. The van der Waals surface area contributed by atoms with E-state index in [0.717, 1.165) is 63.1 Å². The Bertz CT molecular complexity index is 881. The Morgan fingerprint density at radius 3 is 2.68 bits per heavy atom. The van der Waals surface area contributed by atoms with Crippen LogP contribution in [-0.2, 0) is 13.0 Å². The predicted molar refractivity (Wildman–Crippen MR) is 136 cm³/mol. The highest BCUT2D eigenvalue weighted by molar-refractivity contribution is 14.0. The first kappa shape index (κ1) is 24.1. The number of halogens is 1. The van der Waals surface area contributed by atoms with Gasteiger partial charge in [-0.25, -0.2) is 4.98 Å². The van der Waals surface area contributed by atoms with Gasteiger partial charge in [0.05, 0.1) is 10.7 Å².